The summed E-state index contributed by atoms with van der Waals surface area (Å²) in [7, 11) is 0. The largest absolute Gasteiger partial charge is 0.353 e. The molecular formula is C16H22N2O2. The van der Waals surface area contributed by atoms with E-state index in [9.17, 15) is 9.59 Å². The number of anilines is 1. The summed E-state index contributed by atoms with van der Waals surface area (Å²) >= 11 is 0. The third kappa shape index (κ3) is 4.37. The lowest BCUT2D eigenvalue weighted by atomic mass is 9.95. The van der Waals surface area contributed by atoms with Crippen LogP contribution < -0.4 is 10.6 Å². The van der Waals surface area contributed by atoms with Gasteiger partial charge in [-0.2, -0.15) is 0 Å². The molecule has 108 valence electrons. The molecule has 1 aromatic rings. The van der Waals surface area contributed by atoms with E-state index in [0.29, 0.717) is 0 Å². The molecule has 0 saturated heterocycles. The molecule has 1 aromatic carbocycles. The Bertz CT molecular complexity index is 479. The summed E-state index contributed by atoms with van der Waals surface area (Å²) < 4.78 is 0. The number of carbonyl (C=O) groups excluding carboxylic acids is 2. The molecule has 0 bridgehead atoms. The van der Waals surface area contributed by atoms with Gasteiger partial charge in [-0.05, 0) is 31.4 Å². The summed E-state index contributed by atoms with van der Waals surface area (Å²) in [6.07, 6.45) is 5.54. The average molecular weight is 274 g/mol. The van der Waals surface area contributed by atoms with Gasteiger partial charge in [0.1, 0.15) is 6.42 Å². The molecule has 0 heterocycles. The van der Waals surface area contributed by atoms with Gasteiger partial charge >= 0.3 is 0 Å². The van der Waals surface area contributed by atoms with Crippen LogP contribution in [0.1, 0.15) is 44.1 Å². The Morgan fingerprint density at radius 2 is 1.80 bits per heavy atom. The lowest BCUT2D eigenvalue weighted by Crippen LogP contribution is -2.37. The van der Waals surface area contributed by atoms with E-state index < -0.39 is 0 Å². The minimum Gasteiger partial charge on any atom is -0.353 e. The van der Waals surface area contributed by atoms with Gasteiger partial charge in [-0.1, -0.05) is 37.5 Å². The fourth-order valence-electron chi connectivity index (χ4n) is 2.58. The average Bonchev–Trinajstić information content (AvgIpc) is 2.42. The molecule has 0 radical (unpaired) electrons. The number of hydrogen-bond donors (Lipinski definition) is 2. The number of benzene rings is 1. The van der Waals surface area contributed by atoms with Gasteiger partial charge < -0.3 is 10.6 Å². The van der Waals surface area contributed by atoms with E-state index in [2.05, 4.69) is 10.6 Å². The normalized spacial score (nSPS) is 15.7. The Morgan fingerprint density at radius 3 is 2.50 bits per heavy atom. The summed E-state index contributed by atoms with van der Waals surface area (Å²) in [5, 5.41) is 5.73. The van der Waals surface area contributed by atoms with Gasteiger partial charge in [0.2, 0.25) is 11.8 Å². The Labute approximate surface area is 119 Å². The van der Waals surface area contributed by atoms with E-state index in [1.807, 2.05) is 31.2 Å². The highest BCUT2D eigenvalue weighted by molar-refractivity contribution is 6.03. The summed E-state index contributed by atoms with van der Waals surface area (Å²) in [5.41, 5.74) is 1.76. The van der Waals surface area contributed by atoms with Crippen LogP contribution in [0.15, 0.2) is 24.3 Å². The van der Waals surface area contributed by atoms with Crippen LogP contribution in [0.3, 0.4) is 0 Å². The highest BCUT2D eigenvalue weighted by atomic mass is 16.2. The van der Waals surface area contributed by atoms with Crippen molar-refractivity contribution in [2.45, 2.75) is 51.5 Å². The first-order valence-corrected chi connectivity index (χ1v) is 7.30. The minimum absolute atomic E-state index is 0.106. The molecule has 2 amide bonds. The fraction of sp³-hybridized carbons (Fsp3) is 0.500. The fourth-order valence-corrected chi connectivity index (χ4v) is 2.58. The van der Waals surface area contributed by atoms with Crippen LogP contribution in [0.4, 0.5) is 5.69 Å². The summed E-state index contributed by atoms with van der Waals surface area (Å²) in [6, 6.07) is 7.80. The molecule has 4 nitrogen and oxygen atoms in total. The second-order valence-corrected chi connectivity index (χ2v) is 5.44. The predicted molar refractivity (Wildman–Crippen MR) is 79.4 cm³/mol. The van der Waals surface area contributed by atoms with Crippen molar-refractivity contribution in [3.63, 3.8) is 0 Å². The third-order valence-electron chi connectivity index (χ3n) is 3.71. The zero-order chi connectivity index (χ0) is 14.4. The van der Waals surface area contributed by atoms with Crippen LogP contribution in [0.2, 0.25) is 0 Å². The van der Waals surface area contributed by atoms with Crippen molar-refractivity contribution >= 4 is 17.5 Å². The van der Waals surface area contributed by atoms with Crippen LogP contribution >= 0.6 is 0 Å². The summed E-state index contributed by atoms with van der Waals surface area (Å²) in [6.45, 7) is 1.93. The number of para-hydroxylation sites is 1. The van der Waals surface area contributed by atoms with Gasteiger partial charge in [-0.15, -0.1) is 0 Å². The Balaban J connectivity index is 1.79. The molecule has 2 rings (SSSR count). The van der Waals surface area contributed by atoms with Crippen LogP contribution in [-0.4, -0.2) is 17.9 Å². The van der Waals surface area contributed by atoms with Crippen molar-refractivity contribution in [2.24, 2.45) is 0 Å². The smallest absolute Gasteiger partial charge is 0.233 e. The van der Waals surface area contributed by atoms with Gasteiger partial charge in [0, 0.05) is 11.7 Å². The standard InChI is InChI=1S/C16H22N2O2/c1-12-7-5-6-10-14(12)18-16(20)11-15(19)17-13-8-3-2-4-9-13/h5-7,10,13H,2-4,8-9,11H2,1H3,(H,17,19)(H,18,20). The van der Waals surface area contributed by atoms with Crippen LogP contribution in [0.5, 0.6) is 0 Å². The molecule has 4 heteroatoms. The van der Waals surface area contributed by atoms with Crippen molar-refractivity contribution in [1.82, 2.24) is 5.32 Å². The molecule has 1 saturated carbocycles. The molecule has 0 spiro atoms. The molecular weight excluding hydrogens is 252 g/mol. The second-order valence-electron chi connectivity index (χ2n) is 5.44. The Morgan fingerprint density at radius 1 is 1.10 bits per heavy atom. The van der Waals surface area contributed by atoms with Crippen molar-refractivity contribution in [3.8, 4) is 0 Å². The van der Waals surface area contributed by atoms with Crippen LogP contribution in [0, 0.1) is 6.92 Å². The van der Waals surface area contributed by atoms with E-state index in [-0.39, 0.29) is 24.3 Å². The van der Waals surface area contributed by atoms with Crippen molar-refractivity contribution in [3.05, 3.63) is 29.8 Å². The van der Waals surface area contributed by atoms with Gasteiger partial charge in [0.05, 0.1) is 0 Å². The number of carbonyl (C=O) groups is 2. The predicted octanol–water partition coefficient (Wildman–Crippen LogP) is 2.77. The third-order valence-corrected chi connectivity index (χ3v) is 3.71. The van der Waals surface area contributed by atoms with Crippen LogP contribution in [0.25, 0.3) is 0 Å². The Kier molecular flexibility index (Phi) is 5.16. The maximum absolute atomic E-state index is 11.8. The lowest BCUT2D eigenvalue weighted by molar-refractivity contribution is -0.127. The van der Waals surface area contributed by atoms with Gasteiger partial charge in [0.15, 0.2) is 0 Å². The number of amides is 2. The van der Waals surface area contributed by atoms with E-state index >= 15 is 0 Å². The molecule has 0 aromatic heterocycles. The second kappa shape index (κ2) is 7.08. The van der Waals surface area contributed by atoms with E-state index in [1.165, 1.54) is 19.3 Å². The number of nitrogens with one attached hydrogen (secondary N) is 2. The summed E-state index contributed by atoms with van der Waals surface area (Å²) in [5.74, 6) is -0.435. The lowest BCUT2D eigenvalue weighted by Gasteiger charge is -2.22. The van der Waals surface area contributed by atoms with E-state index in [0.717, 1.165) is 24.1 Å². The highest BCUT2D eigenvalue weighted by Crippen LogP contribution is 2.17. The van der Waals surface area contributed by atoms with Gasteiger partial charge in [0.25, 0.3) is 0 Å². The minimum atomic E-state index is -0.257. The van der Waals surface area contributed by atoms with Crippen LogP contribution in [-0.2, 0) is 9.59 Å². The maximum Gasteiger partial charge on any atom is 0.233 e. The molecule has 20 heavy (non-hydrogen) atoms. The van der Waals surface area contributed by atoms with Gasteiger partial charge in [-0.25, -0.2) is 0 Å². The zero-order valence-electron chi connectivity index (χ0n) is 11.9. The first-order valence-electron chi connectivity index (χ1n) is 7.30. The topological polar surface area (TPSA) is 58.2 Å². The number of hydrogen-bond acceptors (Lipinski definition) is 2. The van der Waals surface area contributed by atoms with E-state index in [4.69, 9.17) is 0 Å². The molecule has 1 fully saturated rings. The molecule has 0 aliphatic heterocycles. The summed E-state index contributed by atoms with van der Waals surface area (Å²) in [4.78, 5) is 23.7. The van der Waals surface area contributed by atoms with Gasteiger partial charge in [-0.3, -0.25) is 9.59 Å². The van der Waals surface area contributed by atoms with E-state index in [1.54, 1.807) is 0 Å². The number of aryl methyl sites for hydroxylation is 1. The molecule has 1 aliphatic carbocycles. The first kappa shape index (κ1) is 14.6. The SMILES string of the molecule is Cc1ccccc1NC(=O)CC(=O)NC1CCCCC1. The molecule has 0 atom stereocenters. The zero-order valence-corrected chi connectivity index (χ0v) is 11.9. The van der Waals surface area contributed by atoms with Crippen molar-refractivity contribution < 1.29 is 9.59 Å². The van der Waals surface area contributed by atoms with Crippen molar-refractivity contribution in [1.29, 1.82) is 0 Å². The monoisotopic (exact) mass is 274 g/mol. The molecule has 2 N–H and O–H groups in total. The maximum atomic E-state index is 11.8. The van der Waals surface area contributed by atoms with Crippen molar-refractivity contribution in [2.75, 3.05) is 5.32 Å². The first-order chi connectivity index (χ1) is 9.65. The number of rotatable bonds is 4. The quantitative estimate of drug-likeness (QED) is 0.829. The molecule has 0 unspecified atom stereocenters. The molecule has 1 aliphatic rings. The Hall–Kier alpha value is -1.84. The highest BCUT2D eigenvalue weighted by Gasteiger charge is 2.17.